The normalized spacial score (nSPS) is 23.9. The van der Waals surface area contributed by atoms with Gasteiger partial charge in [0.25, 0.3) is 0 Å². The number of fused-ring (bicyclic) bond motifs is 6. The van der Waals surface area contributed by atoms with Crippen LogP contribution in [0.3, 0.4) is 0 Å². The van der Waals surface area contributed by atoms with E-state index in [1.54, 1.807) is 6.92 Å². The highest BCUT2D eigenvalue weighted by Crippen LogP contribution is 2.55. The Bertz CT molecular complexity index is 2630. The van der Waals surface area contributed by atoms with Gasteiger partial charge in [-0.3, -0.25) is 38.4 Å². The van der Waals surface area contributed by atoms with Gasteiger partial charge in [-0.05, 0) is 132 Å². The van der Waals surface area contributed by atoms with Gasteiger partial charge in [0.2, 0.25) is 5.83 Å². The number of aliphatic carboxylic acids is 5. The molecule has 0 aromatic rings. The van der Waals surface area contributed by atoms with E-state index in [1.807, 2.05) is 6.92 Å². The highest BCUT2D eigenvalue weighted by atomic mass is 80.0. The Labute approximate surface area is 551 Å². The van der Waals surface area contributed by atoms with Crippen molar-refractivity contribution in [2.75, 3.05) is 52.9 Å². The first-order valence-electron chi connectivity index (χ1n) is 29.3. The first-order valence-corrected chi connectivity index (χ1v) is 31.7. The van der Waals surface area contributed by atoms with Crippen LogP contribution in [-0.2, 0) is 95.4 Å². The number of carboxylic acid groups (broad SMARTS) is 5. The van der Waals surface area contributed by atoms with E-state index in [2.05, 4.69) is 96.7 Å². The second-order valence-corrected chi connectivity index (χ2v) is 29.1. The Morgan fingerprint density at radius 3 is 0.967 bits per heavy atom. The zero-order valence-electron chi connectivity index (χ0n) is 51.1. The molecule has 0 spiro atoms. The molecule has 0 aromatic heterocycles. The number of halogens is 4. The number of hydrogen-bond donors (Lipinski definition) is 5. The zero-order chi connectivity index (χ0) is 69.0. The molecule has 12 unspecified atom stereocenters. The second-order valence-electron chi connectivity index (χ2n) is 22.4. The minimum atomic E-state index is -1.22. The van der Waals surface area contributed by atoms with Crippen LogP contribution in [-0.4, -0.2) is 152 Å². The van der Waals surface area contributed by atoms with E-state index in [0.717, 1.165) is 69.8 Å². The van der Waals surface area contributed by atoms with Crippen molar-refractivity contribution in [2.45, 2.75) is 113 Å². The molecule has 6 bridgehead atoms. The van der Waals surface area contributed by atoms with E-state index in [0.29, 0.717) is 30.8 Å². The first kappa shape index (κ1) is 80.3. The van der Waals surface area contributed by atoms with Crippen LogP contribution in [0, 0.1) is 71.0 Å². The van der Waals surface area contributed by atoms with Gasteiger partial charge in [-0.2, -0.15) is 4.39 Å². The summed E-state index contributed by atoms with van der Waals surface area (Å²) in [4.78, 5) is 135. The monoisotopic (exact) mass is 1480 g/mol. The fraction of sp³-hybridized carbons (Fsp3) is 0.613. The predicted molar refractivity (Wildman–Crippen MR) is 330 cm³/mol. The summed E-state index contributed by atoms with van der Waals surface area (Å²) in [5.41, 5.74) is 1.56. The molecule has 25 nitrogen and oxygen atoms in total. The van der Waals surface area contributed by atoms with Crippen LogP contribution in [0.15, 0.2) is 73.4 Å². The fourth-order valence-corrected chi connectivity index (χ4v) is 12.2. The largest absolute Gasteiger partial charge is 0.494 e. The Balaban J connectivity index is 0.000000397. The standard InChI is InChI=1S/C15H17Br3O6.C15H20O6.C14H17FO6.C10H16O3.C8H12O4/c1-7(15(16,17)18)13(21)23-4-5-24-14(22)11-9-3-2-8(6-9)10(11)12(19)20;1-8(2)14(18)20-5-6-21-15(19)12-10-4-3-9(7-10)11(12)13(16)17;1-7(15)13(18)20-4-5-21-14(19)11-9-3-2-8(6-9)10(11)12(16)17;1-4-8(2)9(3)13-7-5-6-10(11)12;1-6(2)8(11)12-5-3-4-7(9)10/h8-11H,1-6H2,(H,19,20);9-12H,1,3-7H2,2H3,(H,16,17);8-11H,1-6H2,(H,16,17);2-7H2,1H3,(H,11,12);1,3-5H2,2H3,(H,9,10). The Hall–Kier alpha value is -6.75. The van der Waals surface area contributed by atoms with Crippen LogP contribution < -0.4 is 0 Å². The molecule has 6 rings (SSSR count). The van der Waals surface area contributed by atoms with E-state index in [4.69, 9.17) is 38.6 Å². The van der Waals surface area contributed by atoms with E-state index in [-0.39, 0.29) is 106 Å². The van der Waals surface area contributed by atoms with Crippen molar-refractivity contribution < 1.29 is 125 Å². The SMILES string of the molecule is C=C(C(=O)OCCOC(=O)C1C2CCC(C2)C1C(=O)O)C(Br)(Br)Br.C=C(C)C(=O)OCCCC(=O)O.C=C(C)C(=O)OCCOC(=O)C1C2CCC(C2)C1C(=O)O.C=C(CC)C(=C)OCCCC(=O)O.C=C(F)C(=O)OCCOC(=O)C1C2CCC(C2)C1C(=O)O. The van der Waals surface area contributed by atoms with Crippen molar-refractivity contribution in [1.29, 1.82) is 0 Å². The third-order valence-corrected chi connectivity index (χ3v) is 17.4. The zero-order valence-corrected chi connectivity index (χ0v) is 55.9. The Kier molecular flexibility index (Phi) is 35.0. The van der Waals surface area contributed by atoms with Crippen molar-refractivity contribution >= 4 is 119 Å². The van der Waals surface area contributed by atoms with Crippen LogP contribution in [0.25, 0.3) is 0 Å². The quantitative estimate of drug-likeness (QED) is 0.00850. The molecule has 91 heavy (non-hydrogen) atoms. The highest BCUT2D eigenvalue weighted by Gasteiger charge is 2.57. The third-order valence-electron chi connectivity index (χ3n) is 16.0. The Morgan fingerprint density at radius 2 is 0.692 bits per heavy atom. The maximum absolute atomic E-state index is 12.3. The van der Waals surface area contributed by atoms with Gasteiger partial charge < -0.3 is 63.4 Å². The van der Waals surface area contributed by atoms with Crippen LogP contribution in [0.2, 0.25) is 0 Å². The van der Waals surface area contributed by atoms with E-state index >= 15 is 0 Å². The lowest BCUT2D eigenvalue weighted by molar-refractivity contribution is -0.162. The lowest BCUT2D eigenvalue weighted by atomic mass is 9.79. The number of carbonyl (C=O) groups excluding carboxylic acids is 7. The molecular formula is C62H82Br3FO25. The summed E-state index contributed by atoms with van der Waals surface area (Å²) < 4.78 is 50.6. The lowest BCUT2D eigenvalue weighted by Gasteiger charge is -2.26. The maximum atomic E-state index is 12.3. The molecule has 6 fully saturated rings. The van der Waals surface area contributed by atoms with Gasteiger partial charge in [0, 0.05) is 24.0 Å². The number of allylic oxidation sites excluding steroid dienone is 1. The maximum Gasteiger partial charge on any atom is 0.366 e. The first-order chi connectivity index (χ1) is 42.6. The van der Waals surface area contributed by atoms with Gasteiger partial charge in [0.1, 0.15) is 45.4 Å². The average Bonchev–Trinajstić information content (AvgIpc) is 1.67. The summed E-state index contributed by atoms with van der Waals surface area (Å²) in [6, 6.07) is 0. The number of alkyl halides is 3. The van der Waals surface area contributed by atoms with E-state index < -0.39 is 115 Å². The Morgan fingerprint density at radius 1 is 0.418 bits per heavy atom. The summed E-state index contributed by atoms with van der Waals surface area (Å²) in [5, 5.41) is 44.4. The molecule has 5 N–H and O–H groups in total. The molecule has 508 valence electrons. The van der Waals surface area contributed by atoms with E-state index in [9.17, 15) is 77.2 Å². The summed E-state index contributed by atoms with van der Waals surface area (Å²) in [7, 11) is 0. The van der Waals surface area contributed by atoms with Crippen molar-refractivity contribution in [3.8, 4) is 0 Å². The minimum Gasteiger partial charge on any atom is -0.494 e. The summed E-state index contributed by atoms with van der Waals surface area (Å²) in [5.74, 6) is -12.9. The topological polar surface area (TPSA) is 380 Å². The second kappa shape index (κ2) is 39.6. The molecular weight excluding hydrogens is 1400 g/mol. The highest BCUT2D eigenvalue weighted by molar-refractivity contribution is 9.39. The summed E-state index contributed by atoms with van der Waals surface area (Å²) in [6.45, 7) is 25.3. The van der Waals surface area contributed by atoms with Crippen molar-refractivity contribution in [2.24, 2.45) is 71.0 Å². The minimum absolute atomic E-state index is 0.0173. The number of ether oxygens (including phenoxy) is 8. The molecule has 0 aliphatic heterocycles. The van der Waals surface area contributed by atoms with Crippen LogP contribution >= 0.6 is 47.8 Å². The smallest absolute Gasteiger partial charge is 0.366 e. The van der Waals surface area contributed by atoms with Crippen LogP contribution in [0.1, 0.15) is 111 Å². The number of carbonyl (C=O) groups is 12. The molecule has 0 saturated heterocycles. The fourth-order valence-electron chi connectivity index (χ4n) is 11.7. The number of carboxylic acids is 5. The van der Waals surface area contributed by atoms with Crippen LogP contribution in [0.4, 0.5) is 4.39 Å². The van der Waals surface area contributed by atoms with Gasteiger partial charge >= 0.3 is 71.6 Å². The van der Waals surface area contributed by atoms with Gasteiger partial charge in [0.05, 0.1) is 54.3 Å². The average molecular weight is 1490 g/mol. The molecule has 0 heterocycles. The number of rotatable bonds is 30. The van der Waals surface area contributed by atoms with Crippen molar-refractivity contribution in [3.63, 3.8) is 0 Å². The summed E-state index contributed by atoms with van der Waals surface area (Å²) >= 11 is 9.46. The third kappa shape index (κ3) is 26.8. The molecule has 6 aliphatic rings. The molecule has 6 aliphatic carbocycles. The molecule has 0 amide bonds. The van der Waals surface area contributed by atoms with Crippen molar-refractivity contribution in [3.05, 3.63) is 73.4 Å². The van der Waals surface area contributed by atoms with Crippen LogP contribution in [0.5, 0.6) is 0 Å². The molecule has 6 saturated carbocycles. The van der Waals surface area contributed by atoms with Crippen molar-refractivity contribution in [1.82, 2.24) is 0 Å². The van der Waals surface area contributed by atoms with Gasteiger partial charge in [0.15, 0.2) is 2.14 Å². The number of hydrogen-bond acceptors (Lipinski definition) is 20. The predicted octanol–water partition coefficient (Wildman–Crippen LogP) is 9.23. The molecule has 0 radical (unpaired) electrons. The van der Waals surface area contributed by atoms with Gasteiger partial charge in [-0.1, -0.05) is 94.2 Å². The molecule has 29 heteroatoms. The number of esters is 7. The van der Waals surface area contributed by atoms with Gasteiger partial charge in [-0.15, -0.1) is 0 Å². The molecule has 0 aromatic carbocycles. The van der Waals surface area contributed by atoms with E-state index in [1.165, 1.54) is 6.92 Å². The molecule has 12 atom stereocenters. The van der Waals surface area contributed by atoms with Gasteiger partial charge in [-0.25, -0.2) is 19.2 Å². The lowest BCUT2D eigenvalue weighted by Crippen LogP contribution is -2.36. The summed E-state index contributed by atoms with van der Waals surface area (Å²) in [6.07, 6.45) is 9.27.